The molecule has 0 fully saturated rings. The smallest absolute Gasteiger partial charge is 0.209 e. The Balaban J connectivity index is 1.04. The molecule has 1 unspecified atom stereocenters. The monoisotopic (exact) mass is 818 g/mol. The fraction of sp³-hybridized carbons (Fsp3) is 0.185. The standard InChI is InChI=1S/C54H44N2O6/c1-3-5-23-55-35(25-33-17-9-13-21-43(33)55)29-41-51(59)47(52(41)60)39-27-31-15-7-11-19-37(31)45(49(39)57)46-38-20-12-8-16-32(38)28-40(50(46)58)48-53(61)42(54(48)62)30-36-26-34-18-10-14-22-44(34)56(36)24-6-4-2/h7-22,27-30H,3-6,23-26H2,1-2H3,(H2,59,60,61,62)/p+2. The third-order valence-electron chi connectivity index (χ3n) is 13.0. The van der Waals surface area contributed by atoms with Gasteiger partial charge in [0.1, 0.15) is 35.2 Å². The van der Waals surface area contributed by atoms with Crippen molar-refractivity contribution in [1.29, 1.82) is 0 Å². The van der Waals surface area contributed by atoms with Gasteiger partial charge in [0.2, 0.25) is 11.5 Å². The number of para-hydroxylation sites is 2. The molecule has 8 heteroatoms. The Morgan fingerprint density at radius 3 is 1.84 bits per heavy atom. The maximum absolute atomic E-state index is 15.0. The minimum absolute atomic E-state index is 0.00447. The van der Waals surface area contributed by atoms with Crippen LogP contribution < -0.4 is 4.90 Å². The summed E-state index contributed by atoms with van der Waals surface area (Å²) in [6.07, 6.45) is 12.1. The normalized spacial score (nSPS) is 21.6. The molecule has 0 aromatic heterocycles. The summed E-state index contributed by atoms with van der Waals surface area (Å²) < 4.78 is 2.20. The number of fused-ring (bicyclic) bond motifs is 4. The predicted molar refractivity (Wildman–Crippen MR) is 241 cm³/mol. The average molecular weight is 819 g/mol. The number of nitrogens with one attached hydrogen (secondary N) is 1. The van der Waals surface area contributed by atoms with E-state index in [1.165, 1.54) is 16.2 Å². The van der Waals surface area contributed by atoms with Crippen molar-refractivity contribution in [3.05, 3.63) is 199 Å². The number of carbonyl (C=O) groups excluding carboxylic acids is 3. The van der Waals surface area contributed by atoms with Gasteiger partial charge in [0, 0.05) is 58.1 Å². The third kappa shape index (κ3) is 6.08. The number of allylic oxidation sites excluding steroid dienone is 9. The van der Waals surface area contributed by atoms with Gasteiger partial charge in [0.25, 0.3) is 0 Å². The lowest BCUT2D eigenvalue weighted by molar-refractivity contribution is -0.786. The number of rotatable bonds is 10. The summed E-state index contributed by atoms with van der Waals surface area (Å²) in [7, 11) is 0. The third-order valence-corrected chi connectivity index (χ3v) is 13.0. The van der Waals surface area contributed by atoms with E-state index in [4.69, 9.17) is 0 Å². The molecule has 306 valence electrons. The van der Waals surface area contributed by atoms with Crippen LogP contribution in [0.3, 0.4) is 0 Å². The molecule has 2 heterocycles. The van der Waals surface area contributed by atoms with Crippen LogP contribution in [0.25, 0.3) is 23.3 Å². The van der Waals surface area contributed by atoms with Crippen molar-refractivity contribution in [3.8, 4) is 0 Å². The largest absolute Gasteiger partial charge is 0.506 e. The average Bonchev–Trinajstić information content (AvgIpc) is 3.83. The highest BCUT2D eigenvalue weighted by Crippen LogP contribution is 2.48. The van der Waals surface area contributed by atoms with E-state index < -0.39 is 17.3 Å². The molecule has 4 aromatic rings. The molecule has 0 spiro atoms. The lowest BCUT2D eigenvalue weighted by Crippen LogP contribution is -3.04. The highest BCUT2D eigenvalue weighted by atomic mass is 16.3. The Morgan fingerprint density at radius 2 is 1.19 bits per heavy atom. The number of unbranched alkanes of at least 4 members (excludes halogenated alkanes) is 2. The molecule has 4 N–H and O–H groups in total. The molecular weight excluding hydrogens is 773 g/mol. The molecule has 62 heavy (non-hydrogen) atoms. The van der Waals surface area contributed by atoms with E-state index in [1.807, 2.05) is 54.6 Å². The van der Waals surface area contributed by atoms with E-state index in [9.17, 15) is 20.1 Å². The fourth-order valence-corrected chi connectivity index (χ4v) is 9.81. The summed E-state index contributed by atoms with van der Waals surface area (Å²) in [6, 6.07) is 30.8. The van der Waals surface area contributed by atoms with Gasteiger partial charge in [0.15, 0.2) is 17.3 Å². The van der Waals surface area contributed by atoms with Gasteiger partial charge in [-0.25, -0.2) is 0 Å². The molecule has 6 aliphatic rings. The zero-order valence-corrected chi connectivity index (χ0v) is 34.7. The molecule has 1 atom stereocenters. The second-order valence-corrected chi connectivity index (χ2v) is 16.7. The molecule has 8 nitrogen and oxygen atoms in total. The van der Waals surface area contributed by atoms with Gasteiger partial charge in [-0.15, -0.1) is 0 Å². The van der Waals surface area contributed by atoms with Gasteiger partial charge in [-0.2, -0.15) is 4.58 Å². The Hall–Kier alpha value is -7.16. The van der Waals surface area contributed by atoms with Gasteiger partial charge in [-0.1, -0.05) is 112 Å². The van der Waals surface area contributed by atoms with Crippen molar-refractivity contribution in [3.63, 3.8) is 0 Å². The highest BCUT2D eigenvalue weighted by Gasteiger charge is 2.45. The number of hydrogen-bond acceptors (Lipinski definition) is 6. The Kier molecular flexibility index (Phi) is 9.68. The Morgan fingerprint density at radius 1 is 0.597 bits per heavy atom. The minimum Gasteiger partial charge on any atom is -0.506 e. The zero-order valence-electron chi connectivity index (χ0n) is 34.7. The van der Waals surface area contributed by atoms with Crippen LogP contribution in [-0.4, -0.2) is 56.0 Å². The van der Waals surface area contributed by atoms with E-state index in [1.54, 1.807) is 42.5 Å². The number of ketones is 3. The van der Waals surface area contributed by atoms with E-state index >= 15 is 9.59 Å². The van der Waals surface area contributed by atoms with Crippen LogP contribution in [0.15, 0.2) is 166 Å². The predicted octanol–water partition coefficient (Wildman–Crippen LogP) is 9.09. The summed E-state index contributed by atoms with van der Waals surface area (Å²) in [5, 5.41) is 35.0. The molecule has 0 saturated carbocycles. The molecule has 10 rings (SSSR count). The van der Waals surface area contributed by atoms with Gasteiger partial charge < -0.3 is 15.3 Å². The van der Waals surface area contributed by atoms with E-state index in [-0.39, 0.29) is 61.9 Å². The summed E-state index contributed by atoms with van der Waals surface area (Å²) >= 11 is 0. The Labute approximate surface area is 360 Å². The van der Waals surface area contributed by atoms with E-state index in [0.29, 0.717) is 35.1 Å². The van der Waals surface area contributed by atoms with Gasteiger partial charge in [-0.3, -0.25) is 19.3 Å². The zero-order chi connectivity index (χ0) is 42.8. The minimum atomic E-state index is -0.574. The summed E-state index contributed by atoms with van der Waals surface area (Å²) in [6.45, 7) is 5.93. The lowest BCUT2D eigenvalue weighted by atomic mass is 9.71. The highest BCUT2D eigenvalue weighted by molar-refractivity contribution is 6.52. The number of quaternary nitrogens is 1. The molecule has 0 saturated heterocycles. The number of aliphatic hydroxyl groups excluding tert-OH is 3. The molecule has 4 aliphatic carbocycles. The van der Waals surface area contributed by atoms with Crippen molar-refractivity contribution < 1.29 is 39.2 Å². The maximum Gasteiger partial charge on any atom is 0.209 e. The quantitative estimate of drug-likeness (QED) is 0.0937. The topological polar surface area (TPSA) is 119 Å². The van der Waals surface area contributed by atoms with Crippen molar-refractivity contribution in [2.45, 2.75) is 52.4 Å². The molecule has 0 radical (unpaired) electrons. The second-order valence-electron chi connectivity index (χ2n) is 16.7. The Bertz CT molecular complexity index is 3010. The van der Waals surface area contributed by atoms with Crippen molar-refractivity contribution >= 4 is 57.7 Å². The van der Waals surface area contributed by atoms with Crippen LogP contribution in [0.1, 0.15) is 72.9 Å². The number of carbonyl (C=O) groups is 3. The van der Waals surface area contributed by atoms with Crippen LogP contribution in [-0.2, 0) is 27.2 Å². The molecule has 0 amide bonds. The second kappa shape index (κ2) is 15.4. The lowest BCUT2D eigenvalue weighted by Gasteiger charge is -2.30. The first-order chi connectivity index (χ1) is 30.2. The maximum atomic E-state index is 15.0. The number of nitrogens with zero attached hydrogens (tertiary/aromatic N) is 1. The first-order valence-electron chi connectivity index (χ1n) is 21.6. The van der Waals surface area contributed by atoms with Crippen LogP contribution in [0, 0.1) is 0 Å². The van der Waals surface area contributed by atoms with Gasteiger partial charge >= 0.3 is 0 Å². The van der Waals surface area contributed by atoms with Crippen LogP contribution in [0.5, 0.6) is 0 Å². The van der Waals surface area contributed by atoms with Crippen LogP contribution in [0.4, 0.5) is 11.4 Å². The molecule has 2 aliphatic heterocycles. The number of hydrogen-bond donors (Lipinski definition) is 4. The summed E-state index contributed by atoms with van der Waals surface area (Å²) in [4.78, 5) is 45.4. The fourth-order valence-electron chi connectivity index (χ4n) is 9.81. The van der Waals surface area contributed by atoms with Crippen molar-refractivity contribution in [1.82, 2.24) is 0 Å². The summed E-state index contributed by atoms with van der Waals surface area (Å²) in [5.74, 6) is -2.20. The van der Waals surface area contributed by atoms with Crippen molar-refractivity contribution in [2.75, 3.05) is 13.1 Å². The van der Waals surface area contributed by atoms with Crippen molar-refractivity contribution in [2.24, 2.45) is 0 Å². The first-order valence-corrected chi connectivity index (χ1v) is 21.6. The van der Waals surface area contributed by atoms with Crippen LogP contribution in [0.2, 0.25) is 0 Å². The number of Topliss-reactive ketones (excluding diaryl/α,β-unsaturated/α-hetero) is 3. The first kappa shape index (κ1) is 39.0. The summed E-state index contributed by atoms with van der Waals surface area (Å²) in [5.41, 5.74) is 9.39. The van der Waals surface area contributed by atoms with Gasteiger partial charge in [0.05, 0.1) is 41.7 Å². The molecule has 0 bridgehead atoms. The van der Waals surface area contributed by atoms with E-state index in [2.05, 4.69) is 42.7 Å². The van der Waals surface area contributed by atoms with E-state index in [0.717, 1.165) is 61.4 Å². The SMILES string of the molecule is CCCC[N+]1=C(C=C2C(=O)C(C3=Cc4ccccc4C(=C4C(=O)C(C5=C(O)C(C=C6Cc7ccccc7[NH+]6CCCC)=C5O)=Cc5ccccc54)C3=O)=C2O)Cc2ccccc21. The number of aliphatic hydroxyl groups is 3. The molecular formula is C54H46N2O6+2. The van der Waals surface area contributed by atoms with Crippen LogP contribution >= 0.6 is 0 Å². The van der Waals surface area contributed by atoms with Gasteiger partial charge in [-0.05, 0) is 46.9 Å². The number of benzene rings is 4. The molecule has 4 aromatic carbocycles.